The lowest BCUT2D eigenvalue weighted by Gasteiger charge is -2.21. The predicted octanol–water partition coefficient (Wildman–Crippen LogP) is 3.66. The molecule has 2 aromatic rings. The standard InChI is InChI=1S/C18H22N4O/c1-23-16-10-8-15(9-11-16)22-18(17(13-19)20-21-22)12-7-14-5-3-2-4-6-14/h8-11,14H,2-7,12H2,1H3. The number of ether oxygens (including phenoxy) is 1. The van der Waals surface area contributed by atoms with Crippen molar-refractivity contribution >= 4 is 0 Å². The van der Waals surface area contributed by atoms with Crippen LogP contribution in [0, 0.1) is 17.2 Å². The first-order chi connectivity index (χ1) is 11.3. The third kappa shape index (κ3) is 3.53. The molecule has 1 saturated carbocycles. The molecule has 0 N–H and O–H groups in total. The van der Waals surface area contributed by atoms with Gasteiger partial charge in [0, 0.05) is 0 Å². The van der Waals surface area contributed by atoms with Gasteiger partial charge < -0.3 is 4.74 Å². The molecule has 0 amide bonds. The van der Waals surface area contributed by atoms with Crippen LogP contribution in [0.1, 0.15) is 49.9 Å². The number of nitrogens with zero attached hydrogens (tertiary/aromatic N) is 4. The van der Waals surface area contributed by atoms with E-state index in [-0.39, 0.29) is 0 Å². The summed E-state index contributed by atoms with van der Waals surface area (Å²) >= 11 is 0. The number of methoxy groups -OCH3 is 1. The van der Waals surface area contributed by atoms with Gasteiger partial charge in [-0.3, -0.25) is 0 Å². The highest BCUT2D eigenvalue weighted by atomic mass is 16.5. The van der Waals surface area contributed by atoms with Crippen molar-refractivity contribution in [3.63, 3.8) is 0 Å². The number of hydrogen-bond donors (Lipinski definition) is 0. The Kier molecular flexibility index (Phi) is 4.92. The zero-order valence-electron chi connectivity index (χ0n) is 13.5. The van der Waals surface area contributed by atoms with Crippen molar-refractivity contribution in [1.82, 2.24) is 15.0 Å². The Morgan fingerprint density at radius 3 is 2.61 bits per heavy atom. The van der Waals surface area contributed by atoms with Crippen LogP contribution >= 0.6 is 0 Å². The Morgan fingerprint density at radius 1 is 1.22 bits per heavy atom. The summed E-state index contributed by atoms with van der Waals surface area (Å²) in [4.78, 5) is 0. The van der Waals surface area contributed by atoms with Gasteiger partial charge in [0.1, 0.15) is 11.8 Å². The summed E-state index contributed by atoms with van der Waals surface area (Å²) in [6, 6.07) is 9.86. The van der Waals surface area contributed by atoms with Crippen molar-refractivity contribution in [3.05, 3.63) is 35.7 Å². The Hall–Kier alpha value is -2.35. The fraction of sp³-hybridized carbons (Fsp3) is 0.500. The van der Waals surface area contributed by atoms with E-state index in [1.54, 1.807) is 11.8 Å². The highest BCUT2D eigenvalue weighted by molar-refractivity contribution is 5.40. The molecule has 3 rings (SSSR count). The van der Waals surface area contributed by atoms with Gasteiger partial charge >= 0.3 is 0 Å². The molecule has 1 heterocycles. The Labute approximate surface area is 136 Å². The molecule has 0 unspecified atom stereocenters. The van der Waals surface area contributed by atoms with Gasteiger partial charge in [-0.2, -0.15) is 5.26 Å². The highest BCUT2D eigenvalue weighted by Gasteiger charge is 2.18. The van der Waals surface area contributed by atoms with Crippen molar-refractivity contribution in [2.75, 3.05) is 7.11 Å². The minimum absolute atomic E-state index is 0.441. The first-order valence-electron chi connectivity index (χ1n) is 8.31. The maximum atomic E-state index is 9.31. The quantitative estimate of drug-likeness (QED) is 0.845. The van der Waals surface area contributed by atoms with Gasteiger partial charge in [0.25, 0.3) is 0 Å². The van der Waals surface area contributed by atoms with Crippen LogP contribution < -0.4 is 4.74 Å². The van der Waals surface area contributed by atoms with E-state index in [1.807, 2.05) is 24.3 Å². The minimum Gasteiger partial charge on any atom is -0.497 e. The van der Waals surface area contributed by atoms with E-state index in [0.717, 1.165) is 35.9 Å². The smallest absolute Gasteiger partial charge is 0.186 e. The van der Waals surface area contributed by atoms with Crippen LogP contribution in [0.2, 0.25) is 0 Å². The fourth-order valence-electron chi connectivity index (χ4n) is 3.36. The summed E-state index contributed by atoms with van der Waals surface area (Å²) in [6.45, 7) is 0. The van der Waals surface area contributed by atoms with Crippen LogP contribution in [0.25, 0.3) is 5.69 Å². The average Bonchev–Trinajstić information content (AvgIpc) is 3.04. The average molecular weight is 310 g/mol. The Morgan fingerprint density at radius 2 is 1.96 bits per heavy atom. The van der Waals surface area contributed by atoms with Crippen molar-refractivity contribution in [1.29, 1.82) is 5.26 Å². The van der Waals surface area contributed by atoms with Crippen molar-refractivity contribution < 1.29 is 4.74 Å². The fourth-order valence-corrected chi connectivity index (χ4v) is 3.36. The predicted molar refractivity (Wildman–Crippen MR) is 87.5 cm³/mol. The Bertz CT molecular complexity index is 678. The SMILES string of the molecule is COc1ccc(-n2nnc(C#N)c2CCC2CCCCC2)cc1. The van der Waals surface area contributed by atoms with Crippen molar-refractivity contribution in [3.8, 4) is 17.5 Å². The van der Waals surface area contributed by atoms with E-state index < -0.39 is 0 Å². The van der Waals surface area contributed by atoms with Crippen LogP contribution in [-0.2, 0) is 6.42 Å². The van der Waals surface area contributed by atoms with E-state index in [9.17, 15) is 5.26 Å². The van der Waals surface area contributed by atoms with E-state index in [4.69, 9.17) is 4.74 Å². The molecule has 0 spiro atoms. The highest BCUT2D eigenvalue weighted by Crippen LogP contribution is 2.28. The minimum atomic E-state index is 0.441. The van der Waals surface area contributed by atoms with Gasteiger partial charge in [0.2, 0.25) is 0 Å². The van der Waals surface area contributed by atoms with Gasteiger partial charge in [-0.15, -0.1) is 5.10 Å². The molecule has 1 aromatic carbocycles. The van der Waals surface area contributed by atoms with Crippen LogP contribution in [0.3, 0.4) is 0 Å². The second kappa shape index (κ2) is 7.28. The molecule has 0 atom stereocenters. The molecule has 5 nitrogen and oxygen atoms in total. The number of rotatable bonds is 5. The van der Waals surface area contributed by atoms with E-state index in [0.29, 0.717) is 5.69 Å². The molecule has 1 aliphatic carbocycles. The summed E-state index contributed by atoms with van der Waals surface area (Å²) in [7, 11) is 1.65. The lowest BCUT2D eigenvalue weighted by atomic mass is 9.85. The topological polar surface area (TPSA) is 63.7 Å². The van der Waals surface area contributed by atoms with E-state index in [2.05, 4.69) is 16.4 Å². The zero-order valence-corrected chi connectivity index (χ0v) is 13.5. The van der Waals surface area contributed by atoms with Crippen LogP contribution in [0.5, 0.6) is 5.75 Å². The summed E-state index contributed by atoms with van der Waals surface area (Å²) in [5.74, 6) is 1.58. The number of nitriles is 1. The van der Waals surface area contributed by atoms with E-state index >= 15 is 0 Å². The third-order valence-corrected chi connectivity index (χ3v) is 4.70. The molecule has 0 radical (unpaired) electrons. The third-order valence-electron chi connectivity index (χ3n) is 4.70. The molecule has 120 valence electrons. The first kappa shape index (κ1) is 15.5. The molecular formula is C18H22N4O. The largest absolute Gasteiger partial charge is 0.497 e. The van der Waals surface area contributed by atoms with Gasteiger partial charge in [-0.1, -0.05) is 37.3 Å². The lowest BCUT2D eigenvalue weighted by molar-refractivity contribution is 0.337. The molecule has 0 saturated heterocycles. The van der Waals surface area contributed by atoms with E-state index in [1.165, 1.54) is 32.1 Å². The van der Waals surface area contributed by atoms with Crippen molar-refractivity contribution in [2.24, 2.45) is 5.92 Å². The number of benzene rings is 1. The molecule has 1 aromatic heterocycles. The zero-order chi connectivity index (χ0) is 16.1. The molecule has 0 aliphatic heterocycles. The molecular weight excluding hydrogens is 288 g/mol. The molecule has 5 heteroatoms. The number of aromatic nitrogens is 3. The Balaban J connectivity index is 1.80. The van der Waals surface area contributed by atoms with Gasteiger partial charge in [-0.05, 0) is 43.0 Å². The van der Waals surface area contributed by atoms with Crippen LogP contribution in [0.15, 0.2) is 24.3 Å². The monoisotopic (exact) mass is 310 g/mol. The maximum absolute atomic E-state index is 9.31. The lowest BCUT2D eigenvalue weighted by Crippen LogP contribution is -2.10. The van der Waals surface area contributed by atoms with Crippen LogP contribution in [-0.4, -0.2) is 22.1 Å². The second-order valence-electron chi connectivity index (χ2n) is 6.15. The van der Waals surface area contributed by atoms with Crippen LogP contribution in [0.4, 0.5) is 0 Å². The summed E-state index contributed by atoms with van der Waals surface area (Å²) in [6.07, 6.45) is 8.63. The molecule has 1 aliphatic rings. The normalized spacial score (nSPS) is 15.3. The molecule has 1 fully saturated rings. The molecule has 23 heavy (non-hydrogen) atoms. The van der Waals surface area contributed by atoms with Gasteiger partial charge in [0.05, 0.1) is 18.5 Å². The summed E-state index contributed by atoms with van der Waals surface area (Å²) in [5.41, 5.74) is 2.28. The first-order valence-corrected chi connectivity index (χ1v) is 8.31. The molecule has 0 bridgehead atoms. The van der Waals surface area contributed by atoms with Crippen molar-refractivity contribution in [2.45, 2.75) is 44.9 Å². The second-order valence-corrected chi connectivity index (χ2v) is 6.15. The summed E-state index contributed by atoms with van der Waals surface area (Å²) in [5, 5.41) is 17.5. The van der Waals surface area contributed by atoms with Gasteiger partial charge in [0.15, 0.2) is 5.69 Å². The van der Waals surface area contributed by atoms with Gasteiger partial charge in [-0.25, -0.2) is 4.68 Å². The number of hydrogen-bond acceptors (Lipinski definition) is 4. The maximum Gasteiger partial charge on any atom is 0.186 e. The summed E-state index contributed by atoms with van der Waals surface area (Å²) < 4.78 is 6.98.